The average molecular weight is 335 g/mol. The Morgan fingerprint density at radius 2 is 1.76 bits per heavy atom. The van der Waals surface area contributed by atoms with Gasteiger partial charge in [0, 0.05) is 11.9 Å². The van der Waals surface area contributed by atoms with Crippen molar-refractivity contribution in [3.63, 3.8) is 0 Å². The van der Waals surface area contributed by atoms with Gasteiger partial charge in [-0.15, -0.1) is 0 Å². The van der Waals surface area contributed by atoms with E-state index < -0.39 is 5.54 Å². The number of nitrogens with one attached hydrogen (secondary N) is 1. The fourth-order valence-electron chi connectivity index (χ4n) is 3.04. The van der Waals surface area contributed by atoms with Crippen LogP contribution in [0.5, 0.6) is 0 Å². The molecule has 0 unspecified atom stereocenters. The smallest absolute Gasteiger partial charge is 0.273 e. The van der Waals surface area contributed by atoms with Crippen molar-refractivity contribution in [2.75, 3.05) is 0 Å². The van der Waals surface area contributed by atoms with Crippen molar-refractivity contribution < 1.29 is 4.79 Å². The van der Waals surface area contributed by atoms with E-state index in [2.05, 4.69) is 17.3 Å². The molecule has 2 aromatic carbocycles. The van der Waals surface area contributed by atoms with Gasteiger partial charge in [0.05, 0.1) is 11.1 Å². The Morgan fingerprint density at radius 3 is 2.48 bits per heavy atom. The van der Waals surface area contributed by atoms with E-state index in [0.29, 0.717) is 5.69 Å². The van der Waals surface area contributed by atoms with Gasteiger partial charge in [0.2, 0.25) is 0 Å². The first-order chi connectivity index (χ1) is 12.0. The highest BCUT2D eigenvalue weighted by molar-refractivity contribution is 6.05. The van der Waals surface area contributed by atoms with Crippen molar-refractivity contribution >= 4 is 16.8 Å². The van der Waals surface area contributed by atoms with E-state index in [9.17, 15) is 4.79 Å². The highest BCUT2D eigenvalue weighted by Gasteiger charge is 2.26. The number of amides is 1. The van der Waals surface area contributed by atoms with Crippen LogP contribution >= 0.6 is 0 Å². The van der Waals surface area contributed by atoms with E-state index >= 15 is 0 Å². The number of aromatic nitrogens is 2. The van der Waals surface area contributed by atoms with E-state index in [1.165, 1.54) is 0 Å². The number of para-hydroxylation sites is 1. The molecule has 1 amide bonds. The van der Waals surface area contributed by atoms with Crippen LogP contribution in [0.3, 0.4) is 0 Å². The van der Waals surface area contributed by atoms with Crippen LogP contribution in [0.4, 0.5) is 0 Å². The summed E-state index contributed by atoms with van der Waals surface area (Å²) in [5.41, 5.74) is 2.11. The van der Waals surface area contributed by atoms with Gasteiger partial charge in [-0.25, -0.2) is 0 Å². The van der Waals surface area contributed by atoms with Gasteiger partial charge >= 0.3 is 0 Å². The largest absolute Gasteiger partial charge is 0.342 e. The van der Waals surface area contributed by atoms with Crippen LogP contribution in [-0.2, 0) is 12.1 Å². The summed E-state index contributed by atoms with van der Waals surface area (Å²) in [7, 11) is 0. The Morgan fingerprint density at radius 1 is 1.08 bits per heavy atom. The Bertz CT molecular complexity index is 865. The van der Waals surface area contributed by atoms with E-state index in [1.807, 2.05) is 73.1 Å². The Labute approximate surface area is 148 Å². The summed E-state index contributed by atoms with van der Waals surface area (Å²) >= 11 is 0. The van der Waals surface area contributed by atoms with E-state index in [-0.39, 0.29) is 5.91 Å². The molecule has 1 heterocycles. The van der Waals surface area contributed by atoms with Crippen LogP contribution in [0.15, 0.2) is 54.6 Å². The molecule has 3 aromatic rings. The molecule has 0 fully saturated rings. The van der Waals surface area contributed by atoms with E-state index in [0.717, 1.165) is 35.9 Å². The molecule has 0 saturated heterocycles. The lowest BCUT2D eigenvalue weighted by atomic mass is 9.94. The Hall–Kier alpha value is -2.62. The fourth-order valence-corrected chi connectivity index (χ4v) is 3.04. The van der Waals surface area contributed by atoms with E-state index in [4.69, 9.17) is 0 Å². The molecule has 0 aliphatic heterocycles. The Kier molecular flexibility index (Phi) is 4.88. The third-order valence-electron chi connectivity index (χ3n) is 4.52. The number of fused-ring (bicyclic) bond motifs is 1. The van der Waals surface area contributed by atoms with Crippen molar-refractivity contribution in [1.29, 1.82) is 0 Å². The zero-order chi connectivity index (χ0) is 17.9. The third-order valence-corrected chi connectivity index (χ3v) is 4.52. The second kappa shape index (κ2) is 7.09. The standard InChI is InChI=1S/C21H25N3O/c1-4-5-15-24-18-14-10-9-13-17(18)19(23-24)20(25)22-21(2,3)16-11-7-6-8-12-16/h6-14H,4-5,15H2,1-3H3,(H,22,25). The molecule has 0 radical (unpaired) electrons. The predicted molar refractivity (Wildman–Crippen MR) is 102 cm³/mol. The zero-order valence-electron chi connectivity index (χ0n) is 15.1. The van der Waals surface area contributed by atoms with Gasteiger partial charge in [-0.05, 0) is 31.9 Å². The van der Waals surface area contributed by atoms with Crippen LogP contribution in [0, 0.1) is 0 Å². The minimum Gasteiger partial charge on any atom is -0.342 e. The molecule has 0 bridgehead atoms. The molecule has 0 spiro atoms. The van der Waals surface area contributed by atoms with Gasteiger partial charge < -0.3 is 5.32 Å². The number of rotatable bonds is 6. The van der Waals surface area contributed by atoms with Crippen LogP contribution < -0.4 is 5.32 Å². The number of hydrogen-bond acceptors (Lipinski definition) is 2. The lowest BCUT2D eigenvalue weighted by molar-refractivity contribution is 0.0907. The topological polar surface area (TPSA) is 46.9 Å². The maximum Gasteiger partial charge on any atom is 0.273 e. The number of hydrogen-bond donors (Lipinski definition) is 1. The summed E-state index contributed by atoms with van der Waals surface area (Å²) in [6.45, 7) is 7.00. The van der Waals surface area contributed by atoms with Crippen molar-refractivity contribution in [2.45, 2.75) is 45.7 Å². The molecule has 0 atom stereocenters. The summed E-state index contributed by atoms with van der Waals surface area (Å²) in [4.78, 5) is 12.9. The molecule has 4 heteroatoms. The average Bonchev–Trinajstić information content (AvgIpc) is 2.99. The van der Waals surface area contributed by atoms with Crippen molar-refractivity contribution in [2.24, 2.45) is 0 Å². The zero-order valence-corrected chi connectivity index (χ0v) is 15.1. The third kappa shape index (κ3) is 3.58. The normalized spacial score (nSPS) is 11.6. The van der Waals surface area contributed by atoms with Gasteiger partial charge in [-0.3, -0.25) is 9.48 Å². The highest BCUT2D eigenvalue weighted by atomic mass is 16.2. The summed E-state index contributed by atoms with van der Waals surface area (Å²) in [6.07, 6.45) is 2.14. The SMILES string of the molecule is CCCCn1nc(C(=O)NC(C)(C)c2ccccc2)c2ccccc21. The first-order valence-electron chi connectivity index (χ1n) is 8.86. The van der Waals surface area contributed by atoms with E-state index in [1.54, 1.807) is 0 Å². The highest BCUT2D eigenvalue weighted by Crippen LogP contribution is 2.23. The number of nitrogens with zero attached hydrogens (tertiary/aromatic N) is 2. The quantitative estimate of drug-likeness (QED) is 0.721. The minimum absolute atomic E-state index is 0.139. The lowest BCUT2D eigenvalue weighted by Crippen LogP contribution is -2.41. The van der Waals surface area contributed by atoms with Crippen LogP contribution in [0.25, 0.3) is 10.9 Å². The molecule has 4 nitrogen and oxygen atoms in total. The molecule has 1 aromatic heterocycles. The Balaban J connectivity index is 1.92. The summed E-state index contributed by atoms with van der Waals surface area (Å²) in [5.74, 6) is -0.139. The monoisotopic (exact) mass is 335 g/mol. The fraction of sp³-hybridized carbons (Fsp3) is 0.333. The molecule has 130 valence electrons. The molecule has 0 aliphatic carbocycles. The number of carbonyl (C=O) groups excluding carboxylic acids is 1. The number of unbranched alkanes of at least 4 members (excludes halogenated alkanes) is 1. The van der Waals surface area contributed by atoms with Gasteiger partial charge in [-0.1, -0.05) is 61.9 Å². The summed E-state index contributed by atoms with van der Waals surface area (Å²) in [5, 5.41) is 8.65. The summed E-state index contributed by atoms with van der Waals surface area (Å²) < 4.78 is 1.95. The molecular formula is C21H25N3O. The maximum absolute atomic E-state index is 12.9. The van der Waals surface area contributed by atoms with Crippen molar-refractivity contribution in [1.82, 2.24) is 15.1 Å². The van der Waals surface area contributed by atoms with Gasteiger partial charge in [0.1, 0.15) is 0 Å². The lowest BCUT2D eigenvalue weighted by Gasteiger charge is -2.26. The van der Waals surface area contributed by atoms with Gasteiger partial charge in [-0.2, -0.15) is 5.10 Å². The molecule has 25 heavy (non-hydrogen) atoms. The first kappa shape index (κ1) is 17.2. The number of benzene rings is 2. The first-order valence-corrected chi connectivity index (χ1v) is 8.86. The van der Waals surface area contributed by atoms with Crippen LogP contribution in [0.1, 0.15) is 49.7 Å². The van der Waals surface area contributed by atoms with Gasteiger partial charge in [0.15, 0.2) is 5.69 Å². The second-order valence-corrected chi connectivity index (χ2v) is 6.89. The number of aryl methyl sites for hydroxylation is 1. The molecule has 3 rings (SSSR count). The number of carbonyl (C=O) groups is 1. The van der Waals surface area contributed by atoms with Crippen LogP contribution in [-0.4, -0.2) is 15.7 Å². The van der Waals surface area contributed by atoms with Gasteiger partial charge in [0.25, 0.3) is 5.91 Å². The molecule has 1 N–H and O–H groups in total. The van der Waals surface area contributed by atoms with Crippen LogP contribution in [0.2, 0.25) is 0 Å². The summed E-state index contributed by atoms with van der Waals surface area (Å²) in [6, 6.07) is 17.9. The van der Waals surface area contributed by atoms with Crippen molar-refractivity contribution in [3.05, 3.63) is 65.9 Å². The second-order valence-electron chi connectivity index (χ2n) is 6.89. The molecule has 0 aliphatic rings. The minimum atomic E-state index is -0.466. The maximum atomic E-state index is 12.9. The molecular weight excluding hydrogens is 310 g/mol. The van der Waals surface area contributed by atoms with Crippen molar-refractivity contribution in [3.8, 4) is 0 Å². The predicted octanol–water partition coefficient (Wildman–Crippen LogP) is 4.50. The molecule has 0 saturated carbocycles.